The van der Waals surface area contributed by atoms with Crippen LogP contribution in [0.25, 0.3) is 0 Å². The second-order valence-corrected chi connectivity index (χ2v) is 3.91. The predicted molar refractivity (Wildman–Crippen MR) is 62.4 cm³/mol. The van der Waals surface area contributed by atoms with E-state index >= 15 is 0 Å². The summed E-state index contributed by atoms with van der Waals surface area (Å²) in [4.78, 5) is 4.29. The van der Waals surface area contributed by atoms with Crippen LogP contribution in [0.2, 0.25) is 0 Å². The number of aromatic nitrogens is 2. The SMILES string of the molecule is Cc1cn(C)c(Nc2ccc(C)c(F)c2)n1. The molecule has 0 saturated carbocycles. The molecule has 0 spiro atoms. The predicted octanol–water partition coefficient (Wildman–Crippen LogP) is 2.92. The normalized spacial score (nSPS) is 10.5. The first-order valence-electron chi connectivity index (χ1n) is 5.09. The van der Waals surface area contributed by atoms with Crippen LogP contribution in [-0.2, 0) is 7.05 Å². The first-order valence-corrected chi connectivity index (χ1v) is 5.09. The van der Waals surface area contributed by atoms with E-state index in [1.807, 2.05) is 30.8 Å². The molecule has 0 fully saturated rings. The molecule has 0 radical (unpaired) electrons. The van der Waals surface area contributed by atoms with Crippen molar-refractivity contribution in [2.24, 2.45) is 7.05 Å². The van der Waals surface area contributed by atoms with Crippen molar-refractivity contribution < 1.29 is 4.39 Å². The molecule has 0 aliphatic heterocycles. The van der Waals surface area contributed by atoms with Crippen LogP contribution in [0, 0.1) is 19.7 Å². The molecule has 1 aromatic carbocycles. The number of hydrogen-bond acceptors (Lipinski definition) is 2. The van der Waals surface area contributed by atoms with E-state index in [0.717, 1.165) is 5.69 Å². The molecule has 3 nitrogen and oxygen atoms in total. The first-order chi connectivity index (χ1) is 7.56. The van der Waals surface area contributed by atoms with E-state index in [0.29, 0.717) is 17.2 Å². The number of hydrogen-bond donors (Lipinski definition) is 1. The van der Waals surface area contributed by atoms with Crippen LogP contribution in [0.4, 0.5) is 16.0 Å². The minimum absolute atomic E-state index is 0.212. The molecular formula is C12H14FN3. The number of nitrogens with one attached hydrogen (secondary N) is 1. The minimum Gasteiger partial charge on any atom is -0.326 e. The molecule has 0 atom stereocenters. The van der Waals surface area contributed by atoms with Crippen LogP contribution in [0.1, 0.15) is 11.3 Å². The molecule has 0 bridgehead atoms. The highest BCUT2D eigenvalue weighted by Crippen LogP contribution is 2.18. The molecule has 2 aromatic rings. The molecule has 16 heavy (non-hydrogen) atoms. The summed E-state index contributed by atoms with van der Waals surface area (Å²) in [7, 11) is 1.90. The van der Waals surface area contributed by atoms with Gasteiger partial charge in [0.05, 0.1) is 5.69 Å². The lowest BCUT2D eigenvalue weighted by molar-refractivity contribution is 0.619. The molecule has 2 rings (SSSR count). The summed E-state index contributed by atoms with van der Waals surface area (Å²) < 4.78 is 15.2. The number of anilines is 2. The monoisotopic (exact) mass is 219 g/mol. The average molecular weight is 219 g/mol. The van der Waals surface area contributed by atoms with Crippen molar-refractivity contribution in [3.8, 4) is 0 Å². The number of aryl methyl sites for hydroxylation is 3. The Bertz CT molecular complexity index is 517. The van der Waals surface area contributed by atoms with Crippen molar-refractivity contribution in [2.45, 2.75) is 13.8 Å². The third-order valence-corrected chi connectivity index (χ3v) is 2.42. The van der Waals surface area contributed by atoms with Crippen molar-refractivity contribution in [1.82, 2.24) is 9.55 Å². The Labute approximate surface area is 93.9 Å². The highest BCUT2D eigenvalue weighted by Gasteiger charge is 2.04. The van der Waals surface area contributed by atoms with E-state index < -0.39 is 0 Å². The highest BCUT2D eigenvalue weighted by atomic mass is 19.1. The fraction of sp³-hybridized carbons (Fsp3) is 0.250. The summed E-state index contributed by atoms with van der Waals surface area (Å²) >= 11 is 0. The van der Waals surface area contributed by atoms with Crippen molar-refractivity contribution in [2.75, 3.05) is 5.32 Å². The molecule has 1 heterocycles. The number of imidazole rings is 1. The maximum atomic E-state index is 13.3. The topological polar surface area (TPSA) is 29.9 Å². The Hall–Kier alpha value is -1.84. The largest absolute Gasteiger partial charge is 0.326 e. The van der Waals surface area contributed by atoms with Crippen molar-refractivity contribution in [1.29, 1.82) is 0 Å². The Morgan fingerprint density at radius 3 is 2.62 bits per heavy atom. The quantitative estimate of drug-likeness (QED) is 0.841. The summed E-state index contributed by atoms with van der Waals surface area (Å²) in [6.45, 7) is 3.66. The first kappa shape index (κ1) is 10.7. The Morgan fingerprint density at radius 1 is 1.31 bits per heavy atom. The van der Waals surface area contributed by atoms with E-state index in [1.165, 1.54) is 6.07 Å². The zero-order valence-corrected chi connectivity index (χ0v) is 9.58. The van der Waals surface area contributed by atoms with E-state index in [9.17, 15) is 4.39 Å². The number of nitrogens with zero attached hydrogens (tertiary/aromatic N) is 2. The third-order valence-electron chi connectivity index (χ3n) is 2.42. The highest BCUT2D eigenvalue weighted by molar-refractivity contribution is 5.54. The molecule has 1 N–H and O–H groups in total. The molecule has 4 heteroatoms. The van der Waals surface area contributed by atoms with Crippen molar-refractivity contribution in [3.05, 3.63) is 41.5 Å². The zero-order valence-electron chi connectivity index (χ0n) is 9.58. The van der Waals surface area contributed by atoms with Gasteiger partial charge in [0, 0.05) is 18.9 Å². The van der Waals surface area contributed by atoms with E-state index in [1.54, 1.807) is 13.0 Å². The van der Waals surface area contributed by atoms with Gasteiger partial charge in [-0.25, -0.2) is 9.37 Å². The van der Waals surface area contributed by atoms with Crippen LogP contribution >= 0.6 is 0 Å². The van der Waals surface area contributed by atoms with Gasteiger partial charge < -0.3 is 9.88 Å². The van der Waals surface area contributed by atoms with Gasteiger partial charge in [0.1, 0.15) is 5.82 Å². The van der Waals surface area contributed by atoms with Gasteiger partial charge in [-0.3, -0.25) is 0 Å². The lowest BCUT2D eigenvalue weighted by Crippen LogP contribution is -1.99. The van der Waals surface area contributed by atoms with Crippen LogP contribution < -0.4 is 5.32 Å². The van der Waals surface area contributed by atoms with Gasteiger partial charge in [-0.2, -0.15) is 0 Å². The summed E-state index contributed by atoms with van der Waals surface area (Å²) in [6.07, 6.45) is 1.91. The van der Waals surface area contributed by atoms with E-state index in [-0.39, 0.29) is 5.82 Å². The zero-order chi connectivity index (χ0) is 11.7. The summed E-state index contributed by atoms with van der Waals surface area (Å²) in [5, 5.41) is 3.07. The fourth-order valence-electron chi connectivity index (χ4n) is 1.53. The lowest BCUT2D eigenvalue weighted by atomic mass is 10.2. The summed E-state index contributed by atoms with van der Waals surface area (Å²) in [5.74, 6) is 0.497. The molecule has 0 saturated heterocycles. The van der Waals surface area contributed by atoms with Gasteiger partial charge in [-0.05, 0) is 31.5 Å². The molecule has 0 aliphatic rings. The van der Waals surface area contributed by atoms with Gasteiger partial charge in [0.15, 0.2) is 0 Å². The number of benzene rings is 1. The smallest absolute Gasteiger partial charge is 0.207 e. The van der Waals surface area contributed by atoms with Gasteiger partial charge >= 0.3 is 0 Å². The maximum absolute atomic E-state index is 13.3. The Balaban J connectivity index is 2.27. The molecule has 0 unspecified atom stereocenters. The van der Waals surface area contributed by atoms with Crippen LogP contribution in [0.5, 0.6) is 0 Å². The van der Waals surface area contributed by atoms with Gasteiger partial charge in [-0.1, -0.05) is 6.07 Å². The van der Waals surface area contributed by atoms with E-state index in [4.69, 9.17) is 0 Å². The van der Waals surface area contributed by atoms with Gasteiger partial charge in [-0.15, -0.1) is 0 Å². The Kier molecular flexibility index (Phi) is 2.64. The Morgan fingerprint density at radius 2 is 2.06 bits per heavy atom. The summed E-state index contributed by atoms with van der Waals surface area (Å²) in [6, 6.07) is 5.05. The van der Waals surface area contributed by atoms with E-state index in [2.05, 4.69) is 10.3 Å². The van der Waals surface area contributed by atoms with Gasteiger partial charge in [0.25, 0.3) is 0 Å². The summed E-state index contributed by atoms with van der Waals surface area (Å²) in [5.41, 5.74) is 2.27. The molecule has 0 amide bonds. The standard InChI is InChI=1S/C12H14FN3/c1-8-4-5-10(6-11(8)13)15-12-14-9(2)7-16(12)3/h4-7H,1-3H3,(H,14,15). The molecular weight excluding hydrogens is 205 g/mol. The second kappa shape index (κ2) is 3.96. The van der Waals surface area contributed by atoms with Crippen molar-refractivity contribution >= 4 is 11.6 Å². The molecule has 84 valence electrons. The molecule has 1 aromatic heterocycles. The molecule has 0 aliphatic carbocycles. The van der Waals surface area contributed by atoms with Crippen molar-refractivity contribution in [3.63, 3.8) is 0 Å². The van der Waals surface area contributed by atoms with Crippen LogP contribution in [0.3, 0.4) is 0 Å². The number of rotatable bonds is 2. The van der Waals surface area contributed by atoms with Crippen LogP contribution in [0.15, 0.2) is 24.4 Å². The fourth-order valence-corrected chi connectivity index (χ4v) is 1.53. The third kappa shape index (κ3) is 2.05. The minimum atomic E-state index is -0.212. The van der Waals surface area contributed by atoms with Crippen LogP contribution in [-0.4, -0.2) is 9.55 Å². The lowest BCUT2D eigenvalue weighted by Gasteiger charge is -2.06. The second-order valence-electron chi connectivity index (χ2n) is 3.91. The van der Waals surface area contributed by atoms with Gasteiger partial charge in [0.2, 0.25) is 5.95 Å². The number of halogens is 1. The average Bonchev–Trinajstić information content (AvgIpc) is 2.51. The maximum Gasteiger partial charge on any atom is 0.207 e.